The van der Waals surface area contributed by atoms with Crippen LogP contribution in [0.25, 0.3) is 0 Å². The highest BCUT2D eigenvalue weighted by atomic mass is 35.5. The number of aliphatic hydroxyl groups is 3. The first-order valence-electron chi connectivity index (χ1n) is 14.7. The summed E-state index contributed by atoms with van der Waals surface area (Å²) < 4.78 is 22.5. The maximum absolute atomic E-state index is 14.3. The Morgan fingerprint density at radius 1 is 1.07 bits per heavy atom. The number of likely N-dealkylation sites (tertiary alicyclic amines) is 1. The number of piperidine rings is 1. The molecule has 0 aromatic heterocycles. The van der Waals surface area contributed by atoms with E-state index in [4.69, 9.17) is 30.5 Å². The number of esters is 1. The third kappa shape index (κ3) is 7.53. The van der Waals surface area contributed by atoms with Crippen molar-refractivity contribution in [3.63, 3.8) is 0 Å². The lowest BCUT2D eigenvalue weighted by molar-refractivity contribution is -0.151. The zero-order chi connectivity index (χ0) is 32.9. The Morgan fingerprint density at radius 3 is 2.36 bits per heavy atom. The van der Waals surface area contributed by atoms with Crippen LogP contribution in [0.2, 0.25) is 5.02 Å². The molecule has 2 aromatic carbocycles. The molecule has 13 heteroatoms. The van der Waals surface area contributed by atoms with Crippen molar-refractivity contribution in [2.24, 2.45) is 5.41 Å². The van der Waals surface area contributed by atoms with Crippen LogP contribution in [-0.2, 0) is 23.9 Å². The SMILES string of the molecule is COC(=O)CC1(O)CCN(C(=O)C[C@H]2O[C@H](c3cccc(OC)c3OC)c3cc(Cl)ccc3N(CC(C)(CO)CO)C2=O)CC1. The smallest absolute Gasteiger partial charge is 0.308 e. The minimum absolute atomic E-state index is 0.0756. The first-order chi connectivity index (χ1) is 21.4. The van der Waals surface area contributed by atoms with Crippen LogP contribution in [-0.4, -0.2) is 104 Å². The van der Waals surface area contributed by atoms with Gasteiger partial charge in [0.2, 0.25) is 5.91 Å². The molecule has 1 saturated heterocycles. The standard InChI is InChI=1S/C32H41ClN2O10/c1-31(18-36,19-37)17-35-23-9-8-20(33)14-22(23)28(21-6-5-7-24(42-2)29(21)44-4)45-25(30(35)40)15-26(38)34-12-10-32(41,11-13-34)16-27(39)43-3/h5-9,14,25,28,36-37,41H,10-13,15-19H2,1-4H3/t25-,28-/m1/s1. The van der Waals surface area contributed by atoms with Crippen molar-refractivity contribution in [2.75, 3.05) is 59.1 Å². The second-order valence-electron chi connectivity index (χ2n) is 11.9. The molecule has 0 bridgehead atoms. The number of methoxy groups -OCH3 is 3. The van der Waals surface area contributed by atoms with E-state index < -0.39 is 48.3 Å². The Morgan fingerprint density at radius 2 is 1.76 bits per heavy atom. The summed E-state index contributed by atoms with van der Waals surface area (Å²) in [5.41, 5.74) is -0.880. The molecular formula is C32H41ClN2O10. The molecule has 1 fully saturated rings. The highest BCUT2D eigenvalue weighted by Crippen LogP contribution is 2.45. The van der Waals surface area contributed by atoms with Crippen LogP contribution in [0.1, 0.15) is 49.8 Å². The number of carbonyl (C=O) groups is 3. The summed E-state index contributed by atoms with van der Waals surface area (Å²) in [7, 11) is 4.24. The fourth-order valence-corrected chi connectivity index (χ4v) is 5.92. The zero-order valence-electron chi connectivity index (χ0n) is 26.0. The van der Waals surface area contributed by atoms with Gasteiger partial charge in [-0.2, -0.15) is 0 Å². The molecule has 246 valence electrons. The Hall–Kier alpha value is -3.42. The number of ether oxygens (including phenoxy) is 4. The van der Waals surface area contributed by atoms with E-state index in [9.17, 15) is 29.7 Å². The third-order valence-corrected chi connectivity index (χ3v) is 8.77. The normalized spacial score (nSPS) is 19.9. The third-order valence-electron chi connectivity index (χ3n) is 8.53. The van der Waals surface area contributed by atoms with Gasteiger partial charge in [0.1, 0.15) is 12.2 Å². The van der Waals surface area contributed by atoms with Crippen LogP contribution in [0.3, 0.4) is 0 Å². The Kier molecular flexibility index (Phi) is 11.0. The second kappa shape index (κ2) is 14.3. The fourth-order valence-electron chi connectivity index (χ4n) is 5.74. The first-order valence-corrected chi connectivity index (χ1v) is 15.0. The number of fused-ring (bicyclic) bond motifs is 1. The van der Waals surface area contributed by atoms with Gasteiger partial charge in [0.05, 0.1) is 53.0 Å². The van der Waals surface area contributed by atoms with Gasteiger partial charge in [-0.05, 0) is 37.1 Å². The van der Waals surface area contributed by atoms with E-state index in [2.05, 4.69) is 0 Å². The van der Waals surface area contributed by atoms with Gasteiger partial charge in [0.25, 0.3) is 5.91 Å². The number of benzene rings is 2. The van der Waals surface area contributed by atoms with Crippen molar-refractivity contribution in [3.05, 3.63) is 52.5 Å². The number of anilines is 1. The van der Waals surface area contributed by atoms with E-state index in [-0.39, 0.29) is 51.2 Å². The lowest BCUT2D eigenvalue weighted by Crippen LogP contribution is -2.50. The molecular weight excluding hydrogens is 608 g/mol. The summed E-state index contributed by atoms with van der Waals surface area (Å²) in [6, 6.07) is 10.2. The van der Waals surface area contributed by atoms with Crippen LogP contribution in [0.15, 0.2) is 36.4 Å². The van der Waals surface area contributed by atoms with Crippen LogP contribution >= 0.6 is 11.6 Å². The van der Waals surface area contributed by atoms with Crippen molar-refractivity contribution in [3.8, 4) is 11.5 Å². The molecule has 0 aliphatic carbocycles. The van der Waals surface area contributed by atoms with Crippen LogP contribution in [0, 0.1) is 5.41 Å². The molecule has 0 radical (unpaired) electrons. The van der Waals surface area contributed by atoms with Crippen LogP contribution < -0.4 is 14.4 Å². The van der Waals surface area contributed by atoms with Gasteiger partial charge >= 0.3 is 5.97 Å². The van der Waals surface area contributed by atoms with Gasteiger partial charge in [0, 0.05) is 46.9 Å². The molecule has 4 rings (SSSR count). The molecule has 0 unspecified atom stereocenters. The quantitative estimate of drug-likeness (QED) is 0.310. The molecule has 2 heterocycles. The topological polar surface area (TPSA) is 155 Å². The van der Waals surface area contributed by atoms with Crippen molar-refractivity contribution in [1.29, 1.82) is 0 Å². The number of aliphatic hydroxyl groups excluding tert-OH is 2. The minimum Gasteiger partial charge on any atom is -0.493 e. The van der Waals surface area contributed by atoms with E-state index in [0.717, 1.165) is 0 Å². The van der Waals surface area contributed by atoms with E-state index in [0.29, 0.717) is 33.3 Å². The Balaban J connectivity index is 1.74. The molecule has 2 aromatic rings. The van der Waals surface area contributed by atoms with Crippen LogP contribution in [0.4, 0.5) is 5.69 Å². The molecule has 0 saturated carbocycles. The van der Waals surface area contributed by atoms with Crippen molar-refractivity contribution in [2.45, 2.75) is 50.4 Å². The monoisotopic (exact) mass is 648 g/mol. The van der Waals surface area contributed by atoms with Gasteiger partial charge in [-0.15, -0.1) is 0 Å². The van der Waals surface area contributed by atoms with Gasteiger partial charge in [-0.3, -0.25) is 14.4 Å². The van der Waals surface area contributed by atoms with Crippen LogP contribution in [0.5, 0.6) is 11.5 Å². The lowest BCUT2D eigenvalue weighted by atomic mass is 9.88. The number of amides is 2. The van der Waals surface area contributed by atoms with Gasteiger partial charge in [-0.25, -0.2) is 0 Å². The summed E-state index contributed by atoms with van der Waals surface area (Å²) in [6.07, 6.45) is -2.40. The summed E-state index contributed by atoms with van der Waals surface area (Å²) >= 11 is 6.47. The highest BCUT2D eigenvalue weighted by Gasteiger charge is 2.43. The predicted molar refractivity (Wildman–Crippen MR) is 164 cm³/mol. The summed E-state index contributed by atoms with van der Waals surface area (Å²) in [5.74, 6) is -0.641. The average molecular weight is 649 g/mol. The van der Waals surface area contributed by atoms with Crippen molar-refractivity contribution >= 4 is 35.1 Å². The number of halogens is 1. The lowest BCUT2D eigenvalue weighted by Gasteiger charge is -2.38. The summed E-state index contributed by atoms with van der Waals surface area (Å²) in [4.78, 5) is 42.7. The number of carbonyl (C=O) groups excluding carboxylic acids is 3. The Bertz CT molecular complexity index is 1390. The van der Waals surface area contributed by atoms with Gasteiger partial charge in [0.15, 0.2) is 11.5 Å². The molecule has 45 heavy (non-hydrogen) atoms. The van der Waals surface area contributed by atoms with Gasteiger partial charge in [-0.1, -0.05) is 30.7 Å². The first kappa shape index (κ1) is 34.5. The number of rotatable bonds is 11. The van der Waals surface area contributed by atoms with Crippen molar-refractivity contribution in [1.82, 2.24) is 4.90 Å². The molecule has 0 spiro atoms. The van der Waals surface area contributed by atoms with E-state index in [1.165, 1.54) is 31.1 Å². The van der Waals surface area contributed by atoms with E-state index in [1.807, 2.05) is 0 Å². The fraction of sp³-hybridized carbons (Fsp3) is 0.531. The minimum atomic E-state index is -1.29. The molecule has 12 nitrogen and oxygen atoms in total. The van der Waals surface area contributed by atoms with Crippen molar-refractivity contribution < 1.29 is 48.7 Å². The molecule has 2 atom stereocenters. The predicted octanol–water partition coefficient (Wildman–Crippen LogP) is 2.48. The molecule has 2 aliphatic heterocycles. The number of hydrogen-bond donors (Lipinski definition) is 3. The largest absolute Gasteiger partial charge is 0.493 e. The maximum Gasteiger partial charge on any atom is 0.308 e. The van der Waals surface area contributed by atoms with E-state index in [1.54, 1.807) is 43.3 Å². The highest BCUT2D eigenvalue weighted by molar-refractivity contribution is 6.30. The number of nitrogens with zero attached hydrogens (tertiary/aromatic N) is 2. The average Bonchev–Trinajstić information content (AvgIpc) is 3.14. The maximum atomic E-state index is 14.3. The molecule has 3 N–H and O–H groups in total. The van der Waals surface area contributed by atoms with E-state index >= 15 is 0 Å². The summed E-state index contributed by atoms with van der Waals surface area (Å²) in [6.45, 7) is 1.10. The zero-order valence-corrected chi connectivity index (χ0v) is 26.7. The summed E-state index contributed by atoms with van der Waals surface area (Å²) in [5, 5.41) is 31.5. The molecule has 2 aliphatic rings. The van der Waals surface area contributed by atoms with Gasteiger partial charge < -0.3 is 44.1 Å². The number of hydrogen-bond acceptors (Lipinski definition) is 10. The Labute approximate surface area is 267 Å². The molecule has 2 amide bonds. The number of para-hydroxylation sites is 1. The second-order valence-corrected chi connectivity index (χ2v) is 12.3.